The molecular weight excluding hydrogens is 1820 g/mol. The highest BCUT2D eigenvalue weighted by molar-refractivity contribution is 9.10. The number of hydrogen-bond donors (Lipinski definition) is 6. The quantitative estimate of drug-likeness (QED) is 0.0142. The Labute approximate surface area is 712 Å². The zero-order valence-corrected chi connectivity index (χ0v) is 75.5. The molecule has 10 rings (SSSR count). The number of amides is 1. The maximum atomic E-state index is 15.0. The van der Waals surface area contributed by atoms with Crippen molar-refractivity contribution in [2.24, 2.45) is 13.1 Å². The maximum absolute atomic E-state index is 15.0. The van der Waals surface area contributed by atoms with Gasteiger partial charge in [-0.1, -0.05) is 67.9 Å². The van der Waals surface area contributed by atoms with E-state index in [1.165, 1.54) is 37.5 Å². The van der Waals surface area contributed by atoms with E-state index in [1.807, 2.05) is 0 Å². The van der Waals surface area contributed by atoms with Crippen molar-refractivity contribution in [2.45, 2.75) is 148 Å². The minimum Gasteiger partial charge on any atom is -0.478 e. The highest BCUT2D eigenvalue weighted by Gasteiger charge is 2.53. The van der Waals surface area contributed by atoms with Crippen LogP contribution in [0.25, 0.3) is 11.2 Å². The van der Waals surface area contributed by atoms with E-state index in [2.05, 4.69) is 92.2 Å². The lowest BCUT2D eigenvalue weighted by molar-refractivity contribution is 0.00686. The van der Waals surface area contributed by atoms with Gasteiger partial charge in [0.2, 0.25) is 5.88 Å². The lowest BCUT2D eigenvalue weighted by atomic mass is 10.1. The van der Waals surface area contributed by atoms with Crippen LogP contribution in [0.3, 0.4) is 0 Å². The number of fused-ring (bicyclic) bond motifs is 2. The summed E-state index contributed by atoms with van der Waals surface area (Å²) in [6.07, 6.45) is 7.00. The summed E-state index contributed by atoms with van der Waals surface area (Å²) in [6, 6.07) is 13.9. The van der Waals surface area contributed by atoms with Crippen molar-refractivity contribution in [1.82, 2.24) is 14.5 Å². The van der Waals surface area contributed by atoms with Gasteiger partial charge in [-0.2, -0.15) is 14.3 Å². The number of rotatable bonds is 24. The number of benzene rings is 6. The summed E-state index contributed by atoms with van der Waals surface area (Å²) < 4.78 is 249. The number of aromatic carboxylic acids is 1. The standard InChI is InChI=1S/C34H51ClF2N4O7SSi2.C10H11F2NO3S.C10H13F2NO2S.C9H8F2O3.C8H6F2O3.C7H5BrF2O/c1-34(2,3)51(9,10)48-28-19-45-29-27(18-44-30(28)29)47-33-39-26-15-23(35)32(40-31(26)41(33)20-43-11-12-50(6,7)8)46-17-22-24(36)13-21(14-25(22)37)16-38-49(4,5)42;1-17(2,16)13-10(15)6-3-8(11)7(5-14)9(12)4-6;1-16(2,15)13-5-7-3-9(11)8(6-14)10(12)4-7;1-14-9(13)5-2-7(10)6(4-12)8(11)3-5;9-6-1-4(8(12)13)2-7(10)5(6)3-11;8-4-1-6(9)5(3-11)7(10)2-4/h13-15,27-30H,11-12,16-20H2,1-10H3;3-4,14H,5H2,1-2H3;3-4,14H,5-6H2,1-2H3;2-3,12H,4H2,1H3;1-2,11H,3H2,(H,12,13);1-2,11H,3H2/t27-,28-,29-,30-;;;;;/m1...../s1. The van der Waals surface area contributed by atoms with Gasteiger partial charge in [0.05, 0.1) is 89.2 Å². The molecule has 8 aromatic rings. The molecule has 6 N–H and O–H groups in total. The van der Waals surface area contributed by atoms with Crippen molar-refractivity contribution < 1.29 is 143 Å². The van der Waals surface area contributed by atoms with Gasteiger partial charge in [0.25, 0.3) is 5.91 Å². The van der Waals surface area contributed by atoms with Crippen LogP contribution in [0.5, 0.6) is 11.9 Å². The molecule has 0 radical (unpaired) electrons. The van der Waals surface area contributed by atoms with Crippen LogP contribution in [-0.2, 0) is 112 Å². The fourth-order valence-electron chi connectivity index (χ4n) is 10.3. The molecular formula is C78H94BrClF12N6O19S3Si2. The first-order valence-corrected chi connectivity index (χ1v) is 51.0. The number of methoxy groups -OCH3 is 1. The van der Waals surface area contributed by atoms with Gasteiger partial charge in [-0.05, 0) is 114 Å². The molecule has 674 valence electrons. The minimum atomic E-state index is -2.68. The van der Waals surface area contributed by atoms with Crippen molar-refractivity contribution in [3.05, 3.63) is 219 Å². The molecule has 25 nitrogen and oxygen atoms in total. The fraction of sp³-hybridized carbons (Fsp3) is 0.423. The predicted octanol–water partition coefficient (Wildman–Crippen LogP) is 15.0. The number of carbonyl (C=O) groups excluding carboxylic acids is 2. The number of carbonyl (C=O) groups is 3. The van der Waals surface area contributed by atoms with Crippen molar-refractivity contribution >= 4 is 102 Å². The van der Waals surface area contributed by atoms with Gasteiger partial charge in [0.1, 0.15) is 106 Å². The summed E-state index contributed by atoms with van der Waals surface area (Å²) >= 11 is 9.47. The van der Waals surface area contributed by atoms with Crippen molar-refractivity contribution in [3.63, 3.8) is 0 Å². The van der Waals surface area contributed by atoms with Crippen molar-refractivity contribution in [1.29, 1.82) is 0 Å². The number of esters is 1. The normalized spacial score (nSPS) is 15.2. The highest BCUT2D eigenvalue weighted by Crippen LogP contribution is 2.41. The molecule has 4 heterocycles. The molecule has 4 atom stereocenters. The average molecular weight is 1920 g/mol. The minimum absolute atomic E-state index is 0.00855. The number of aliphatic hydroxyl groups excluding tert-OH is 5. The van der Waals surface area contributed by atoms with E-state index >= 15 is 0 Å². The largest absolute Gasteiger partial charge is 0.478 e. The molecule has 2 saturated heterocycles. The summed E-state index contributed by atoms with van der Waals surface area (Å²) in [5.41, 5.74) is -2.17. The SMILES string of the molecule is CC(C)(C)[Si](C)(C)O[C@@H]1CO[C@H]2[C@@H]1OC[C@H]2Oc1nc2cc(Cl)c(OCc3c(F)cc(CN=S(C)(C)=O)cc3F)nc2n1COCC[Si](C)(C)C.COC(=O)c1cc(F)c(CO)c(F)c1.CS(C)(=O)=NC(=O)c1cc(F)c(CO)c(F)c1.CS(C)(=O)=NCc1cc(F)c(CO)c(F)c1.O=C(O)c1cc(F)c(CO)c(F)c1.OCc1c(F)cc(Br)cc1F. The molecule has 0 aliphatic carbocycles. The van der Waals surface area contributed by atoms with E-state index in [-0.39, 0.29) is 100 Å². The molecule has 2 aliphatic rings. The number of nitrogens with zero attached hydrogens (tertiary/aromatic N) is 6. The Kier molecular flexibility index (Phi) is 38.8. The molecule has 2 aliphatic heterocycles. The second kappa shape index (κ2) is 45.2. The molecule has 1 amide bonds. The van der Waals surface area contributed by atoms with Crippen molar-refractivity contribution in [3.8, 4) is 11.9 Å². The molecule has 0 spiro atoms. The van der Waals surface area contributed by atoms with E-state index < -0.39 is 201 Å². The predicted molar refractivity (Wildman–Crippen MR) is 440 cm³/mol. The first kappa shape index (κ1) is 105. The first-order chi connectivity index (χ1) is 56.5. The first-order valence-electron chi connectivity index (χ1n) is 36.2. The second-order valence-corrected chi connectivity index (χ2v) is 50.0. The van der Waals surface area contributed by atoms with Crippen LogP contribution in [0.15, 0.2) is 96.4 Å². The number of aliphatic hydroxyl groups is 5. The Balaban J connectivity index is 0.000000301. The number of aromatic nitrogens is 3. The third-order valence-electron chi connectivity index (χ3n) is 17.7. The highest BCUT2D eigenvalue weighted by atomic mass is 79.9. The van der Waals surface area contributed by atoms with E-state index in [0.29, 0.717) is 46.5 Å². The molecule has 44 heteroatoms. The Hall–Kier alpha value is -8.00. The van der Waals surface area contributed by atoms with E-state index in [0.717, 1.165) is 73.8 Å². The zero-order chi connectivity index (χ0) is 92.2. The number of halogens is 14. The van der Waals surface area contributed by atoms with Gasteiger partial charge in [-0.25, -0.2) is 75.2 Å². The van der Waals surface area contributed by atoms with E-state index in [4.69, 9.17) is 75.3 Å². The molecule has 122 heavy (non-hydrogen) atoms. The fourth-order valence-corrected chi connectivity index (χ4v) is 14.4. The summed E-state index contributed by atoms with van der Waals surface area (Å²) in [4.78, 5) is 41.9. The van der Waals surface area contributed by atoms with Crippen LogP contribution in [-0.4, -0.2) is 181 Å². The summed E-state index contributed by atoms with van der Waals surface area (Å²) in [5, 5.41) is 51.5. The Morgan fingerprint density at radius 2 is 0.934 bits per heavy atom. The second-order valence-electron chi connectivity index (χ2n) is 30.5. The number of hydrogen-bond acceptors (Lipinski definition) is 22. The molecule has 2 aromatic heterocycles. The van der Waals surface area contributed by atoms with Crippen LogP contribution < -0.4 is 9.47 Å². The van der Waals surface area contributed by atoms with Gasteiger partial charge in [-0.3, -0.25) is 17.8 Å². The number of ether oxygens (including phenoxy) is 6. The van der Waals surface area contributed by atoms with Crippen LogP contribution in [0, 0.1) is 69.8 Å². The number of carboxylic acid groups (broad SMARTS) is 1. The summed E-state index contributed by atoms with van der Waals surface area (Å²) in [7, 11) is -9.71. The Morgan fingerprint density at radius 1 is 0.557 bits per heavy atom. The lowest BCUT2D eigenvalue weighted by Gasteiger charge is -2.39. The zero-order valence-electron chi connectivity index (χ0n) is 68.7. The summed E-state index contributed by atoms with van der Waals surface area (Å²) in [6.45, 7) is 14.9. The molecule has 0 unspecified atom stereocenters. The average Bonchev–Trinajstić information content (AvgIpc) is 1.61. The molecule has 6 aromatic carbocycles. The van der Waals surface area contributed by atoms with Crippen LogP contribution in [0.4, 0.5) is 52.7 Å². The third kappa shape index (κ3) is 31.3. The lowest BCUT2D eigenvalue weighted by Crippen LogP contribution is -2.47. The topological polar surface area (TPSA) is 356 Å². The van der Waals surface area contributed by atoms with Crippen molar-refractivity contribution in [2.75, 3.05) is 64.5 Å². The Bertz CT molecular complexity index is 5330. The molecule has 2 fully saturated rings. The van der Waals surface area contributed by atoms with Gasteiger partial charge >= 0.3 is 17.9 Å². The van der Waals surface area contributed by atoms with Crippen LogP contribution >= 0.6 is 27.5 Å². The van der Waals surface area contributed by atoms with Gasteiger partial charge in [-0.15, -0.1) is 0 Å². The Morgan fingerprint density at radius 3 is 1.31 bits per heavy atom. The number of pyridine rings is 1. The molecule has 0 saturated carbocycles. The summed E-state index contributed by atoms with van der Waals surface area (Å²) in [5.74, 6) is -14.1. The monoisotopic (exact) mass is 1910 g/mol. The number of carboxylic acids is 1. The van der Waals surface area contributed by atoms with Gasteiger partial charge < -0.3 is 63.5 Å². The smallest absolute Gasteiger partial charge is 0.338 e. The maximum Gasteiger partial charge on any atom is 0.338 e. The molecule has 0 bridgehead atoms. The van der Waals surface area contributed by atoms with E-state index in [1.54, 1.807) is 10.6 Å². The third-order valence-corrected chi connectivity index (χ3v) is 26.7. The van der Waals surface area contributed by atoms with E-state index in [9.17, 15) is 79.7 Å². The number of imidazole rings is 1. The van der Waals surface area contributed by atoms with Gasteiger partial charge in [0, 0.05) is 119 Å². The van der Waals surface area contributed by atoms with Crippen LogP contribution in [0.2, 0.25) is 48.8 Å². The van der Waals surface area contributed by atoms with Gasteiger partial charge in [0.15, 0.2) is 20.1 Å². The van der Waals surface area contributed by atoms with Crippen LogP contribution in [0.1, 0.15) is 96.4 Å².